The van der Waals surface area contributed by atoms with Crippen LogP contribution in [0.2, 0.25) is 5.02 Å². The van der Waals surface area contributed by atoms with E-state index in [9.17, 15) is 4.79 Å². The zero-order valence-electron chi connectivity index (χ0n) is 10.2. The van der Waals surface area contributed by atoms with Gasteiger partial charge in [-0.25, -0.2) is 4.79 Å². The van der Waals surface area contributed by atoms with Crippen LogP contribution in [0, 0.1) is 6.92 Å². The number of aryl methyl sites for hydroxylation is 1. The fraction of sp³-hybridized carbons (Fsp3) is 0.231. The molecule has 0 bridgehead atoms. The van der Waals surface area contributed by atoms with Crippen molar-refractivity contribution in [2.24, 2.45) is 0 Å². The van der Waals surface area contributed by atoms with E-state index in [-0.39, 0.29) is 5.56 Å². The monoisotopic (exact) mass is 264 g/mol. The lowest BCUT2D eigenvalue weighted by molar-refractivity contribution is 0.0527. The van der Waals surface area contributed by atoms with Crippen molar-refractivity contribution in [3.8, 4) is 0 Å². The number of carbonyl (C=O) groups is 1. The van der Waals surface area contributed by atoms with E-state index in [1.54, 1.807) is 13.0 Å². The van der Waals surface area contributed by atoms with Gasteiger partial charge in [-0.15, -0.1) is 0 Å². The number of esters is 1. The molecule has 2 rings (SSSR count). The Labute approximate surface area is 110 Å². The summed E-state index contributed by atoms with van der Waals surface area (Å²) in [6, 6.07) is 3.66. The van der Waals surface area contributed by atoms with Gasteiger partial charge in [0.05, 0.1) is 22.8 Å². The Balaban J connectivity index is 2.67. The minimum atomic E-state index is -0.470. The highest BCUT2D eigenvalue weighted by atomic mass is 35.5. The number of hydrogen-bond donors (Lipinski definition) is 1. The lowest BCUT2D eigenvalue weighted by Gasteiger charge is -2.09. The van der Waals surface area contributed by atoms with Gasteiger partial charge in [-0.2, -0.15) is 0 Å². The minimum absolute atomic E-state index is 0.269. The van der Waals surface area contributed by atoms with E-state index in [1.165, 1.54) is 6.20 Å². The van der Waals surface area contributed by atoms with E-state index in [1.807, 2.05) is 13.0 Å². The summed E-state index contributed by atoms with van der Waals surface area (Å²) in [6.45, 7) is 3.94. The van der Waals surface area contributed by atoms with Crippen molar-refractivity contribution >= 4 is 34.2 Å². The highest BCUT2D eigenvalue weighted by Gasteiger charge is 2.15. The summed E-state index contributed by atoms with van der Waals surface area (Å²) >= 11 is 6.09. The summed E-state index contributed by atoms with van der Waals surface area (Å²) in [5.74, 6) is -0.470. The number of carbonyl (C=O) groups excluding carboxylic acids is 1. The molecule has 0 spiro atoms. The van der Waals surface area contributed by atoms with Gasteiger partial charge in [0.25, 0.3) is 0 Å². The van der Waals surface area contributed by atoms with E-state index in [0.29, 0.717) is 28.2 Å². The number of nitrogens with two attached hydrogens (primary N) is 1. The van der Waals surface area contributed by atoms with Crippen molar-refractivity contribution in [3.63, 3.8) is 0 Å². The van der Waals surface area contributed by atoms with Crippen molar-refractivity contribution in [3.05, 3.63) is 34.5 Å². The van der Waals surface area contributed by atoms with Gasteiger partial charge in [0.1, 0.15) is 5.56 Å². The molecule has 4 nitrogen and oxygen atoms in total. The summed E-state index contributed by atoms with van der Waals surface area (Å²) in [5.41, 5.74) is 8.16. The second-order valence-corrected chi connectivity index (χ2v) is 4.36. The van der Waals surface area contributed by atoms with E-state index in [0.717, 1.165) is 5.56 Å². The predicted molar refractivity (Wildman–Crippen MR) is 71.9 cm³/mol. The molecule has 0 aliphatic heterocycles. The molecule has 1 heterocycles. The second kappa shape index (κ2) is 4.82. The number of benzene rings is 1. The molecule has 2 aromatic rings. The standard InChI is InChI=1S/C13H13ClN2O2/c1-3-18-13(17)9-6-16-12-8(11(9)15)4-7(2)5-10(12)14/h4-6H,3H2,1-2H3,(H2,15,16). The topological polar surface area (TPSA) is 65.2 Å². The average molecular weight is 265 g/mol. The molecule has 0 atom stereocenters. The van der Waals surface area contributed by atoms with Crippen molar-refractivity contribution in [2.75, 3.05) is 12.3 Å². The molecule has 94 valence electrons. The first kappa shape index (κ1) is 12.6. The van der Waals surface area contributed by atoms with Gasteiger partial charge in [-0.3, -0.25) is 4.98 Å². The Bertz CT molecular complexity index is 626. The molecule has 0 saturated carbocycles. The van der Waals surface area contributed by atoms with Crippen molar-refractivity contribution < 1.29 is 9.53 Å². The van der Waals surface area contributed by atoms with Gasteiger partial charge >= 0.3 is 5.97 Å². The number of anilines is 1. The van der Waals surface area contributed by atoms with Gasteiger partial charge < -0.3 is 10.5 Å². The Morgan fingerprint density at radius 3 is 2.89 bits per heavy atom. The van der Waals surface area contributed by atoms with Crippen molar-refractivity contribution in [1.82, 2.24) is 4.98 Å². The highest BCUT2D eigenvalue weighted by Crippen LogP contribution is 2.29. The first-order valence-electron chi connectivity index (χ1n) is 5.56. The average Bonchev–Trinajstić information content (AvgIpc) is 2.30. The van der Waals surface area contributed by atoms with Crippen LogP contribution in [0.25, 0.3) is 10.9 Å². The molecule has 0 fully saturated rings. The quantitative estimate of drug-likeness (QED) is 0.847. The Morgan fingerprint density at radius 1 is 1.50 bits per heavy atom. The Morgan fingerprint density at radius 2 is 2.22 bits per heavy atom. The minimum Gasteiger partial charge on any atom is -0.462 e. The van der Waals surface area contributed by atoms with Crippen molar-refractivity contribution in [1.29, 1.82) is 0 Å². The summed E-state index contributed by atoms with van der Waals surface area (Å²) < 4.78 is 4.93. The SMILES string of the molecule is CCOC(=O)c1cnc2c(Cl)cc(C)cc2c1N. The molecule has 0 aliphatic rings. The number of aromatic nitrogens is 1. The van der Waals surface area contributed by atoms with Gasteiger partial charge in [0.2, 0.25) is 0 Å². The number of halogens is 1. The van der Waals surface area contributed by atoms with Gasteiger partial charge in [-0.1, -0.05) is 11.6 Å². The van der Waals surface area contributed by atoms with E-state index in [4.69, 9.17) is 22.1 Å². The van der Waals surface area contributed by atoms with Crippen molar-refractivity contribution in [2.45, 2.75) is 13.8 Å². The third-order valence-corrected chi connectivity index (χ3v) is 2.89. The number of nitrogen functional groups attached to an aromatic ring is 1. The molecule has 18 heavy (non-hydrogen) atoms. The van der Waals surface area contributed by atoms with Crippen LogP contribution in [0.4, 0.5) is 5.69 Å². The predicted octanol–water partition coefficient (Wildman–Crippen LogP) is 2.96. The van der Waals surface area contributed by atoms with Crippen LogP contribution in [0.15, 0.2) is 18.3 Å². The largest absolute Gasteiger partial charge is 0.462 e. The smallest absolute Gasteiger partial charge is 0.341 e. The molecule has 0 radical (unpaired) electrons. The van der Waals surface area contributed by atoms with E-state index < -0.39 is 5.97 Å². The van der Waals surface area contributed by atoms with E-state index >= 15 is 0 Å². The number of rotatable bonds is 2. The van der Waals surface area contributed by atoms with Gasteiger partial charge in [-0.05, 0) is 31.5 Å². The molecule has 0 unspecified atom stereocenters. The normalized spacial score (nSPS) is 10.6. The third-order valence-electron chi connectivity index (χ3n) is 2.61. The lowest BCUT2D eigenvalue weighted by atomic mass is 10.1. The van der Waals surface area contributed by atoms with Crippen LogP contribution in [0.5, 0.6) is 0 Å². The maximum Gasteiger partial charge on any atom is 0.341 e. The van der Waals surface area contributed by atoms with Gasteiger partial charge in [0, 0.05) is 11.6 Å². The zero-order chi connectivity index (χ0) is 13.3. The van der Waals surface area contributed by atoms with Crippen LogP contribution in [-0.2, 0) is 4.74 Å². The number of fused-ring (bicyclic) bond motifs is 1. The fourth-order valence-corrected chi connectivity index (χ4v) is 2.11. The fourth-order valence-electron chi connectivity index (χ4n) is 1.79. The zero-order valence-corrected chi connectivity index (χ0v) is 10.9. The van der Waals surface area contributed by atoms with Crippen LogP contribution in [0.3, 0.4) is 0 Å². The van der Waals surface area contributed by atoms with Crippen LogP contribution < -0.4 is 5.73 Å². The highest BCUT2D eigenvalue weighted by molar-refractivity contribution is 6.35. The van der Waals surface area contributed by atoms with Crippen LogP contribution >= 0.6 is 11.6 Å². The Kier molecular flexibility index (Phi) is 3.39. The van der Waals surface area contributed by atoms with E-state index in [2.05, 4.69) is 4.98 Å². The first-order valence-corrected chi connectivity index (χ1v) is 5.93. The molecule has 5 heteroatoms. The number of hydrogen-bond acceptors (Lipinski definition) is 4. The molecule has 2 N–H and O–H groups in total. The molecule has 0 saturated heterocycles. The Hall–Kier alpha value is -1.81. The van der Waals surface area contributed by atoms with Crippen LogP contribution in [0.1, 0.15) is 22.8 Å². The maximum absolute atomic E-state index is 11.7. The molecule has 0 aliphatic carbocycles. The summed E-state index contributed by atoms with van der Waals surface area (Å²) in [4.78, 5) is 15.9. The second-order valence-electron chi connectivity index (χ2n) is 3.95. The molecule has 0 amide bonds. The molecule has 1 aromatic carbocycles. The third kappa shape index (κ3) is 2.11. The molecule has 1 aromatic heterocycles. The summed E-state index contributed by atoms with van der Waals surface area (Å²) in [7, 11) is 0. The van der Waals surface area contributed by atoms with Crippen LogP contribution in [-0.4, -0.2) is 17.6 Å². The maximum atomic E-state index is 11.7. The summed E-state index contributed by atoms with van der Waals surface area (Å²) in [6.07, 6.45) is 1.40. The number of nitrogens with zero attached hydrogens (tertiary/aromatic N) is 1. The number of pyridine rings is 1. The lowest BCUT2D eigenvalue weighted by Crippen LogP contribution is -2.09. The summed E-state index contributed by atoms with van der Waals surface area (Å²) in [5, 5.41) is 1.19. The first-order chi connectivity index (χ1) is 8.54. The molecular formula is C13H13ClN2O2. The molecular weight excluding hydrogens is 252 g/mol. The van der Waals surface area contributed by atoms with Gasteiger partial charge in [0.15, 0.2) is 0 Å². The number of ether oxygens (including phenoxy) is 1.